The Bertz CT molecular complexity index is 1350. The fourth-order valence-corrected chi connectivity index (χ4v) is 4.26. The molecule has 0 spiro atoms. The van der Waals surface area contributed by atoms with Crippen molar-refractivity contribution in [2.75, 3.05) is 24.5 Å². The van der Waals surface area contributed by atoms with Gasteiger partial charge in [-0.15, -0.1) is 0 Å². The Morgan fingerprint density at radius 3 is 3.00 bits per heavy atom. The zero-order valence-corrected chi connectivity index (χ0v) is 18.4. The molecule has 9 heteroatoms. The summed E-state index contributed by atoms with van der Waals surface area (Å²) in [5.74, 6) is -0.819. The molecule has 1 amide bonds. The van der Waals surface area contributed by atoms with Gasteiger partial charge in [-0.05, 0) is 55.5 Å². The molecule has 0 atom stereocenters. The van der Waals surface area contributed by atoms with Gasteiger partial charge < -0.3 is 19.2 Å². The molecule has 2 aromatic heterocycles. The van der Waals surface area contributed by atoms with Crippen LogP contribution in [0.4, 0.5) is 5.69 Å². The van der Waals surface area contributed by atoms with Gasteiger partial charge in [-0.1, -0.05) is 29.4 Å². The second-order valence-electron chi connectivity index (χ2n) is 8.27. The molecule has 3 heterocycles. The Labute approximate surface area is 190 Å². The Morgan fingerprint density at radius 2 is 2.09 bits per heavy atom. The lowest BCUT2D eigenvalue weighted by atomic mass is 10.0. The monoisotopic (exact) mass is 447 g/mol. The molecule has 2 aromatic carbocycles. The average Bonchev–Trinajstić information content (AvgIpc) is 3.41. The maximum Gasteiger partial charge on any atom is 0.420 e. The summed E-state index contributed by atoms with van der Waals surface area (Å²) in [6.45, 7) is 4.38. The maximum absolute atomic E-state index is 12.4. The summed E-state index contributed by atoms with van der Waals surface area (Å²) in [6.07, 6.45) is 3.06. The van der Waals surface area contributed by atoms with Gasteiger partial charge in [-0.25, -0.2) is 4.79 Å². The van der Waals surface area contributed by atoms with E-state index in [0.29, 0.717) is 17.6 Å². The van der Waals surface area contributed by atoms with Crippen molar-refractivity contribution < 1.29 is 13.7 Å². The van der Waals surface area contributed by atoms with E-state index >= 15 is 0 Å². The largest absolute Gasteiger partial charge is 0.420 e. The topological polar surface area (TPSA) is 106 Å². The first kappa shape index (κ1) is 21.0. The van der Waals surface area contributed by atoms with Crippen molar-refractivity contribution in [2.24, 2.45) is 0 Å². The fraction of sp³-hybridized carbons (Fsp3) is 0.333. The Balaban J connectivity index is 1.17. The first-order chi connectivity index (χ1) is 16.1. The van der Waals surface area contributed by atoms with Crippen LogP contribution < -0.4 is 16.0 Å². The molecule has 0 unspecified atom stereocenters. The van der Waals surface area contributed by atoms with Crippen LogP contribution in [0.25, 0.3) is 11.1 Å². The molecule has 0 saturated carbocycles. The summed E-state index contributed by atoms with van der Waals surface area (Å²) in [7, 11) is 0. The number of nitrogens with zero attached hydrogens (tertiary/aromatic N) is 4. The number of carbonyl (C=O) groups is 1. The number of fused-ring (bicyclic) bond motifs is 2. The smallest absolute Gasteiger partial charge is 0.408 e. The van der Waals surface area contributed by atoms with Crippen LogP contribution in [0.2, 0.25) is 0 Å². The molecule has 0 radical (unpaired) electrons. The van der Waals surface area contributed by atoms with Crippen LogP contribution in [0.3, 0.4) is 0 Å². The average molecular weight is 447 g/mol. The minimum atomic E-state index is -0.509. The highest BCUT2D eigenvalue weighted by Gasteiger charge is 2.19. The summed E-state index contributed by atoms with van der Waals surface area (Å²) in [5, 5.41) is 6.69. The third kappa shape index (κ3) is 4.39. The summed E-state index contributed by atoms with van der Waals surface area (Å²) in [6, 6.07) is 14.0. The van der Waals surface area contributed by atoms with E-state index in [1.807, 2.05) is 19.1 Å². The molecule has 33 heavy (non-hydrogen) atoms. The predicted octanol–water partition coefficient (Wildman–Crippen LogP) is 2.91. The van der Waals surface area contributed by atoms with Gasteiger partial charge in [0.25, 0.3) is 0 Å². The van der Waals surface area contributed by atoms with E-state index in [0.717, 1.165) is 37.9 Å². The van der Waals surface area contributed by atoms with Gasteiger partial charge in [-0.2, -0.15) is 4.98 Å². The Kier molecular flexibility index (Phi) is 5.68. The lowest BCUT2D eigenvalue weighted by molar-refractivity contribution is 0.0909. The highest BCUT2D eigenvalue weighted by Crippen LogP contribution is 2.26. The number of rotatable bonds is 7. The number of anilines is 1. The van der Waals surface area contributed by atoms with Gasteiger partial charge in [0.2, 0.25) is 0 Å². The van der Waals surface area contributed by atoms with E-state index in [2.05, 4.69) is 44.6 Å². The number of para-hydroxylation sites is 1. The van der Waals surface area contributed by atoms with Crippen molar-refractivity contribution in [3.63, 3.8) is 0 Å². The lowest BCUT2D eigenvalue weighted by Gasteiger charge is -2.31. The standard InChI is InChI=1S/C24H25N5O4/c1-16-9-10-20-19(14-16)29(24(31)32-20)15-21-26-23(33-27-21)22(30)25-11-5-13-28-12-4-7-17-6-2-3-8-18(17)28/h2-3,6,8-10,14H,4-5,7,11-13,15H2,1H3,(H,25,30). The van der Waals surface area contributed by atoms with Crippen LogP contribution in [-0.2, 0) is 13.0 Å². The van der Waals surface area contributed by atoms with Crippen molar-refractivity contribution in [1.82, 2.24) is 20.0 Å². The second-order valence-corrected chi connectivity index (χ2v) is 8.27. The number of aryl methyl sites for hydroxylation is 2. The summed E-state index contributed by atoms with van der Waals surface area (Å²) >= 11 is 0. The number of hydrogen-bond donors (Lipinski definition) is 1. The van der Waals surface area contributed by atoms with E-state index in [-0.39, 0.29) is 18.3 Å². The number of aromatic nitrogens is 3. The van der Waals surface area contributed by atoms with Crippen molar-refractivity contribution in [2.45, 2.75) is 32.7 Å². The highest BCUT2D eigenvalue weighted by atomic mass is 16.5. The van der Waals surface area contributed by atoms with Crippen molar-refractivity contribution in [3.05, 3.63) is 75.9 Å². The van der Waals surface area contributed by atoms with E-state index in [4.69, 9.17) is 8.94 Å². The van der Waals surface area contributed by atoms with Crippen molar-refractivity contribution in [1.29, 1.82) is 0 Å². The van der Waals surface area contributed by atoms with Crippen LogP contribution in [0.1, 0.15) is 40.5 Å². The number of benzene rings is 2. The molecule has 170 valence electrons. The summed E-state index contributed by atoms with van der Waals surface area (Å²) < 4.78 is 11.8. The Morgan fingerprint density at radius 1 is 1.21 bits per heavy atom. The van der Waals surface area contributed by atoms with Crippen LogP contribution in [0.15, 0.2) is 56.2 Å². The zero-order chi connectivity index (χ0) is 22.8. The van der Waals surface area contributed by atoms with Gasteiger partial charge in [0.05, 0.1) is 12.1 Å². The van der Waals surface area contributed by atoms with E-state index < -0.39 is 11.7 Å². The van der Waals surface area contributed by atoms with Crippen LogP contribution in [-0.4, -0.2) is 40.2 Å². The van der Waals surface area contributed by atoms with Crippen LogP contribution in [0, 0.1) is 6.92 Å². The molecule has 1 N–H and O–H groups in total. The molecule has 0 fully saturated rings. The van der Waals surface area contributed by atoms with Crippen molar-refractivity contribution >= 4 is 22.7 Å². The number of hydrogen-bond acceptors (Lipinski definition) is 7. The molecule has 4 aromatic rings. The first-order valence-electron chi connectivity index (χ1n) is 11.1. The van der Waals surface area contributed by atoms with Gasteiger partial charge in [0, 0.05) is 25.3 Å². The molecule has 0 saturated heterocycles. The molecular weight excluding hydrogens is 422 g/mol. The molecule has 5 rings (SSSR count). The third-order valence-electron chi connectivity index (χ3n) is 5.88. The molecular formula is C24H25N5O4. The SMILES string of the molecule is Cc1ccc2oc(=O)n(Cc3noc(C(=O)NCCCN4CCCc5ccccc54)n3)c2c1. The van der Waals surface area contributed by atoms with Crippen LogP contribution in [0.5, 0.6) is 0 Å². The van der Waals surface area contributed by atoms with Crippen molar-refractivity contribution in [3.8, 4) is 0 Å². The third-order valence-corrected chi connectivity index (χ3v) is 5.88. The highest BCUT2D eigenvalue weighted by molar-refractivity contribution is 5.89. The van der Waals surface area contributed by atoms with E-state index in [1.54, 1.807) is 6.07 Å². The minimum Gasteiger partial charge on any atom is -0.408 e. The number of oxazole rings is 1. The number of carbonyl (C=O) groups excluding carboxylic acids is 1. The number of nitrogens with one attached hydrogen (secondary N) is 1. The maximum atomic E-state index is 12.4. The Hall–Kier alpha value is -3.88. The lowest BCUT2D eigenvalue weighted by Crippen LogP contribution is -2.33. The number of amides is 1. The van der Waals surface area contributed by atoms with Gasteiger partial charge in [-0.3, -0.25) is 9.36 Å². The predicted molar refractivity (Wildman–Crippen MR) is 123 cm³/mol. The second kappa shape index (κ2) is 8.93. The summed E-state index contributed by atoms with van der Waals surface area (Å²) in [4.78, 5) is 31.1. The molecule has 1 aliphatic heterocycles. The molecule has 0 aliphatic carbocycles. The van der Waals surface area contributed by atoms with E-state index in [9.17, 15) is 9.59 Å². The van der Waals surface area contributed by atoms with Crippen LogP contribution >= 0.6 is 0 Å². The first-order valence-corrected chi connectivity index (χ1v) is 11.1. The normalized spacial score (nSPS) is 13.3. The van der Waals surface area contributed by atoms with E-state index in [1.165, 1.54) is 15.8 Å². The van der Waals surface area contributed by atoms with Gasteiger partial charge >= 0.3 is 17.6 Å². The molecule has 0 bridgehead atoms. The van der Waals surface area contributed by atoms with Gasteiger partial charge in [0.1, 0.15) is 0 Å². The molecule has 9 nitrogen and oxygen atoms in total. The quantitative estimate of drug-likeness (QED) is 0.434. The summed E-state index contributed by atoms with van der Waals surface area (Å²) in [5.41, 5.74) is 4.80. The zero-order valence-electron chi connectivity index (χ0n) is 18.4. The van der Waals surface area contributed by atoms with Gasteiger partial charge in [0.15, 0.2) is 11.4 Å². The molecule has 1 aliphatic rings. The minimum absolute atomic E-state index is 0.0560. The fourth-order valence-electron chi connectivity index (χ4n) is 4.26.